The lowest BCUT2D eigenvalue weighted by molar-refractivity contribution is -0.274. The number of guanidine groups is 1. The van der Waals surface area contributed by atoms with Crippen LogP contribution in [0.2, 0.25) is 0 Å². The van der Waals surface area contributed by atoms with E-state index in [9.17, 15) is 13.2 Å². The van der Waals surface area contributed by atoms with E-state index in [1.54, 1.807) is 6.07 Å². The van der Waals surface area contributed by atoms with Gasteiger partial charge >= 0.3 is 6.36 Å². The summed E-state index contributed by atoms with van der Waals surface area (Å²) in [5, 5.41) is 9.59. The number of hydrogen-bond donors (Lipinski definition) is 3. The van der Waals surface area contributed by atoms with Gasteiger partial charge in [0.2, 0.25) is 0 Å². The van der Waals surface area contributed by atoms with Gasteiger partial charge in [0.05, 0.1) is 5.69 Å². The Hall–Kier alpha value is -2.16. The van der Waals surface area contributed by atoms with Gasteiger partial charge in [0.25, 0.3) is 0 Å². The third-order valence-electron chi connectivity index (χ3n) is 3.33. The first-order chi connectivity index (χ1) is 10.2. The first-order valence-corrected chi connectivity index (χ1v) is 6.69. The molecule has 9 heteroatoms. The standard InChI is InChI=1S/C13H18F3N5O/c1-20-4-6-21(7-5-20)9-2-3-11(22-13(14,15)16)10(8-9)19-12(17)18/h2-3,8H,4-7H2,1H3,(H4,17,18,19). The van der Waals surface area contributed by atoms with E-state index in [-0.39, 0.29) is 5.69 Å². The van der Waals surface area contributed by atoms with Crippen LogP contribution in [0.15, 0.2) is 18.2 Å². The molecule has 1 aliphatic rings. The van der Waals surface area contributed by atoms with Crippen molar-refractivity contribution < 1.29 is 17.9 Å². The average molecular weight is 317 g/mol. The summed E-state index contributed by atoms with van der Waals surface area (Å²) in [6, 6.07) is 4.30. The second-order valence-corrected chi connectivity index (χ2v) is 5.06. The molecule has 1 fully saturated rings. The molecule has 0 atom stereocenters. The third-order valence-corrected chi connectivity index (χ3v) is 3.33. The van der Waals surface area contributed by atoms with E-state index in [0.29, 0.717) is 0 Å². The fourth-order valence-electron chi connectivity index (χ4n) is 2.24. The molecular weight excluding hydrogens is 299 g/mol. The van der Waals surface area contributed by atoms with Crippen molar-refractivity contribution in [2.24, 2.45) is 5.73 Å². The molecule has 2 rings (SSSR count). The monoisotopic (exact) mass is 317 g/mol. The van der Waals surface area contributed by atoms with E-state index in [1.165, 1.54) is 12.1 Å². The molecule has 0 spiro atoms. The van der Waals surface area contributed by atoms with E-state index in [0.717, 1.165) is 31.9 Å². The largest absolute Gasteiger partial charge is 0.573 e. The minimum atomic E-state index is -4.80. The lowest BCUT2D eigenvalue weighted by Gasteiger charge is -2.34. The van der Waals surface area contributed by atoms with Crippen molar-refractivity contribution in [2.45, 2.75) is 6.36 Å². The van der Waals surface area contributed by atoms with Gasteiger partial charge in [-0.15, -0.1) is 13.2 Å². The number of rotatable bonds is 3. The van der Waals surface area contributed by atoms with Crippen molar-refractivity contribution in [3.8, 4) is 5.75 Å². The Morgan fingerprint density at radius 2 is 1.91 bits per heavy atom. The first kappa shape index (κ1) is 16.2. The summed E-state index contributed by atoms with van der Waals surface area (Å²) in [5.74, 6) is -0.872. The number of nitrogens with two attached hydrogens (primary N) is 1. The zero-order valence-corrected chi connectivity index (χ0v) is 12.1. The number of benzene rings is 1. The van der Waals surface area contributed by atoms with Gasteiger partial charge in [-0.1, -0.05) is 0 Å². The van der Waals surface area contributed by atoms with E-state index < -0.39 is 18.1 Å². The third kappa shape index (κ3) is 4.42. The van der Waals surface area contributed by atoms with Crippen molar-refractivity contribution in [2.75, 3.05) is 43.4 Å². The number of piperazine rings is 1. The highest BCUT2D eigenvalue weighted by atomic mass is 19.4. The van der Waals surface area contributed by atoms with Crippen LogP contribution in [-0.4, -0.2) is 50.4 Å². The van der Waals surface area contributed by atoms with Crippen molar-refractivity contribution in [3.63, 3.8) is 0 Å². The number of likely N-dealkylation sites (N-methyl/N-ethyl adjacent to an activating group) is 1. The predicted molar refractivity (Wildman–Crippen MR) is 78.4 cm³/mol. The fourth-order valence-corrected chi connectivity index (χ4v) is 2.24. The average Bonchev–Trinajstić information content (AvgIpc) is 2.39. The van der Waals surface area contributed by atoms with Crippen LogP contribution in [0.5, 0.6) is 5.75 Å². The molecule has 0 aromatic heterocycles. The molecule has 22 heavy (non-hydrogen) atoms. The Morgan fingerprint density at radius 1 is 1.27 bits per heavy atom. The quantitative estimate of drug-likeness (QED) is 0.583. The Kier molecular flexibility index (Phi) is 4.65. The molecule has 1 aliphatic heterocycles. The second kappa shape index (κ2) is 6.30. The summed E-state index contributed by atoms with van der Waals surface area (Å²) in [7, 11) is 2.01. The molecule has 4 N–H and O–H groups in total. The number of hydrogen-bond acceptors (Lipinski definition) is 4. The van der Waals surface area contributed by atoms with Crippen LogP contribution < -0.4 is 20.7 Å². The number of ether oxygens (including phenoxy) is 1. The number of alkyl halides is 3. The topological polar surface area (TPSA) is 77.6 Å². The van der Waals surface area contributed by atoms with Crippen LogP contribution in [-0.2, 0) is 0 Å². The highest BCUT2D eigenvalue weighted by Crippen LogP contribution is 2.34. The van der Waals surface area contributed by atoms with Gasteiger partial charge in [0.1, 0.15) is 0 Å². The molecule has 0 radical (unpaired) electrons. The normalized spacial score (nSPS) is 16.5. The summed E-state index contributed by atoms with van der Waals surface area (Å²) in [4.78, 5) is 4.23. The Bertz CT molecular complexity index is 541. The summed E-state index contributed by atoms with van der Waals surface area (Å²) in [6.07, 6.45) is -4.80. The first-order valence-electron chi connectivity index (χ1n) is 6.69. The summed E-state index contributed by atoms with van der Waals surface area (Å²) >= 11 is 0. The lowest BCUT2D eigenvalue weighted by atomic mass is 10.2. The smallest absolute Gasteiger partial charge is 0.404 e. The van der Waals surface area contributed by atoms with Crippen molar-refractivity contribution >= 4 is 17.3 Å². The van der Waals surface area contributed by atoms with Crippen LogP contribution in [0.1, 0.15) is 0 Å². The van der Waals surface area contributed by atoms with Crippen molar-refractivity contribution in [1.29, 1.82) is 5.41 Å². The van der Waals surface area contributed by atoms with E-state index in [1.807, 2.05) is 7.05 Å². The van der Waals surface area contributed by atoms with E-state index in [2.05, 4.69) is 19.9 Å². The Morgan fingerprint density at radius 3 is 2.45 bits per heavy atom. The van der Waals surface area contributed by atoms with Crippen LogP contribution >= 0.6 is 0 Å². The van der Waals surface area contributed by atoms with Crippen LogP contribution in [0.3, 0.4) is 0 Å². The fraction of sp³-hybridized carbons (Fsp3) is 0.462. The van der Waals surface area contributed by atoms with Gasteiger partial charge in [0, 0.05) is 31.9 Å². The molecule has 1 aromatic carbocycles. The number of nitrogens with one attached hydrogen (secondary N) is 2. The van der Waals surface area contributed by atoms with Gasteiger partial charge in [-0.05, 0) is 25.2 Å². The van der Waals surface area contributed by atoms with Crippen molar-refractivity contribution in [1.82, 2.24) is 4.90 Å². The summed E-state index contributed by atoms with van der Waals surface area (Å²) in [6.45, 7) is 3.29. The minimum absolute atomic E-state index is 0.0150. The zero-order chi connectivity index (χ0) is 16.3. The molecule has 0 aliphatic carbocycles. The SMILES string of the molecule is CN1CCN(c2ccc(OC(F)(F)F)c(NC(=N)N)c2)CC1. The second-order valence-electron chi connectivity index (χ2n) is 5.06. The zero-order valence-electron chi connectivity index (χ0n) is 12.1. The number of halogens is 3. The highest BCUT2D eigenvalue weighted by Gasteiger charge is 2.32. The predicted octanol–water partition coefficient (Wildman–Crippen LogP) is 1.64. The highest BCUT2D eigenvalue weighted by molar-refractivity contribution is 5.92. The summed E-state index contributed by atoms with van der Waals surface area (Å²) < 4.78 is 41.2. The molecule has 0 unspecified atom stereocenters. The van der Waals surface area contributed by atoms with Gasteiger partial charge in [-0.2, -0.15) is 0 Å². The Balaban J connectivity index is 2.24. The maximum atomic E-state index is 12.4. The van der Waals surface area contributed by atoms with Gasteiger partial charge in [0.15, 0.2) is 11.7 Å². The maximum Gasteiger partial charge on any atom is 0.573 e. The van der Waals surface area contributed by atoms with E-state index >= 15 is 0 Å². The van der Waals surface area contributed by atoms with Crippen LogP contribution in [0.25, 0.3) is 0 Å². The van der Waals surface area contributed by atoms with Crippen molar-refractivity contribution in [3.05, 3.63) is 18.2 Å². The molecule has 1 saturated heterocycles. The molecule has 122 valence electrons. The maximum absolute atomic E-state index is 12.4. The molecular formula is C13H18F3N5O. The minimum Gasteiger partial charge on any atom is -0.404 e. The summed E-state index contributed by atoms with van der Waals surface area (Å²) in [5.41, 5.74) is 5.99. The van der Waals surface area contributed by atoms with Crippen LogP contribution in [0.4, 0.5) is 24.5 Å². The molecule has 6 nitrogen and oxygen atoms in total. The number of nitrogens with zero attached hydrogens (tertiary/aromatic N) is 2. The van der Waals surface area contributed by atoms with Gasteiger partial charge in [-0.25, -0.2) is 0 Å². The van der Waals surface area contributed by atoms with Gasteiger partial charge < -0.3 is 25.6 Å². The lowest BCUT2D eigenvalue weighted by Crippen LogP contribution is -2.44. The molecule has 0 saturated carbocycles. The molecule has 1 heterocycles. The number of anilines is 2. The molecule has 1 aromatic rings. The Labute approximate surface area is 126 Å². The van der Waals surface area contributed by atoms with Gasteiger partial charge in [-0.3, -0.25) is 5.41 Å². The van der Waals surface area contributed by atoms with Crippen LogP contribution in [0, 0.1) is 5.41 Å². The molecule has 0 amide bonds. The molecule has 0 bridgehead atoms. The van der Waals surface area contributed by atoms with E-state index in [4.69, 9.17) is 11.1 Å².